The zero-order valence-corrected chi connectivity index (χ0v) is 19.7. The van der Waals surface area contributed by atoms with E-state index in [-0.39, 0.29) is 42.1 Å². The molecule has 2 saturated heterocycles. The second-order valence-corrected chi connectivity index (χ2v) is 10.8. The molecule has 3 rings (SSSR count). The third kappa shape index (κ3) is 4.60. The molecule has 30 heavy (non-hydrogen) atoms. The Bertz CT molecular complexity index is 778. The van der Waals surface area contributed by atoms with Crippen molar-refractivity contribution in [2.75, 3.05) is 0 Å². The van der Waals surface area contributed by atoms with E-state index in [9.17, 15) is 4.79 Å². The summed E-state index contributed by atoms with van der Waals surface area (Å²) in [5, 5.41) is 0. The van der Waals surface area contributed by atoms with E-state index in [0.717, 1.165) is 18.4 Å². The smallest absolute Gasteiger partial charge is 0.445 e. The largest absolute Gasteiger partial charge is 0.487 e. The lowest BCUT2D eigenvalue weighted by molar-refractivity contribution is -0.0108. The molecule has 2 fully saturated rings. The SMILES string of the molecule is CC1(C)CC(=CB2OC(C)(C)C(C)(C)O2)CC(C)(C)N1C(=O)OCc1ccccc1. The van der Waals surface area contributed by atoms with Gasteiger partial charge in [0, 0.05) is 11.1 Å². The molecule has 2 aliphatic heterocycles. The predicted molar refractivity (Wildman–Crippen MR) is 120 cm³/mol. The minimum absolute atomic E-state index is 0.275. The van der Waals surface area contributed by atoms with Crippen LogP contribution in [0.2, 0.25) is 0 Å². The first-order valence-corrected chi connectivity index (χ1v) is 10.8. The molecule has 2 heterocycles. The predicted octanol–water partition coefficient (Wildman–Crippen LogP) is 5.53. The number of ether oxygens (including phenoxy) is 1. The molecule has 0 saturated carbocycles. The summed E-state index contributed by atoms with van der Waals surface area (Å²) in [5.74, 6) is 2.10. The first kappa shape index (κ1) is 22.9. The van der Waals surface area contributed by atoms with Crippen LogP contribution in [0.25, 0.3) is 0 Å². The normalized spacial score (nSPS) is 23.9. The number of hydrogen-bond acceptors (Lipinski definition) is 4. The fourth-order valence-corrected chi connectivity index (χ4v) is 4.70. The number of likely N-dealkylation sites (tertiary alicyclic amines) is 1. The standard InChI is InChI=1S/C24H36BNO4/c1-21(2)14-19(16-25-29-23(5,6)24(7,8)30-25)15-22(3,4)26(21)20(27)28-17-18-12-10-9-11-13-18/h9-13,16H,14-15,17H2,1-8H3. The Morgan fingerprint density at radius 2 is 1.47 bits per heavy atom. The fourth-order valence-electron chi connectivity index (χ4n) is 4.70. The molecule has 0 atom stereocenters. The summed E-state index contributed by atoms with van der Waals surface area (Å²) in [6, 6.07) is 9.78. The van der Waals surface area contributed by atoms with Crippen LogP contribution < -0.4 is 0 Å². The molecule has 164 valence electrons. The van der Waals surface area contributed by atoms with Gasteiger partial charge in [-0.2, -0.15) is 0 Å². The maximum Gasteiger partial charge on any atom is 0.487 e. The van der Waals surface area contributed by atoms with Crippen molar-refractivity contribution in [1.29, 1.82) is 0 Å². The van der Waals surface area contributed by atoms with Gasteiger partial charge in [0.2, 0.25) is 0 Å². The Balaban J connectivity index is 1.73. The molecule has 0 bridgehead atoms. The first-order chi connectivity index (χ1) is 13.7. The number of piperidine rings is 1. The molecule has 0 spiro atoms. The number of nitrogens with zero attached hydrogens (tertiary/aromatic N) is 1. The van der Waals surface area contributed by atoms with Crippen LogP contribution in [0.15, 0.2) is 41.9 Å². The molecule has 0 unspecified atom stereocenters. The van der Waals surface area contributed by atoms with Crippen LogP contribution >= 0.6 is 0 Å². The summed E-state index contributed by atoms with van der Waals surface area (Å²) in [6.45, 7) is 16.9. The van der Waals surface area contributed by atoms with Gasteiger partial charge in [-0.3, -0.25) is 4.90 Å². The van der Waals surface area contributed by atoms with Gasteiger partial charge in [0.15, 0.2) is 0 Å². The van der Waals surface area contributed by atoms with Crippen molar-refractivity contribution in [3.8, 4) is 0 Å². The molecule has 0 aromatic heterocycles. The summed E-state index contributed by atoms with van der Waals surface area (Å²) in [5.41, 5.74) is 0.745. The van der Waals surface area contributed by atoms with Gasteiger partial charge in [-0.15, -0.1) is 0 Å². The summed E-state index contributed by atoms with van der Waals surface area (Å²) < 4.78 is 18.0. The number of carbonyl (C=O) groups excluding carboxylic acids is 1. The molecule has 1 amide bonds. The highest BCUT2D eigenvalue weighted by Gasteiger charge is 2.52. The van der Waals surface area contributed by atoms with Gasteiger partial charge in [0.25, 0.3) is 0 Å². The van der Waals surface area contributed by atoms with Gasteiger partial charge in [-0.05, 0) is 73.8 Å². The molecule has 5 nitrogen and oxygen atoms in total. The quantitative estimate of drug-likeness (QED) is 0.611. The third-order valence-corrected chi connectivity index (χ3v) is 6.56. The number of carbonyl (C=O) groups is 1. The van der Waals surface area contributed by atoms with Crippen molar-refractivity contribution in [3.05, 3.63) is 47.4 Å². The summed E-state index contributed by atoms with van der Waals surface area (Å²) in [6.07, 6.45) is 1.23. The van der Waals surface area contributed by atoms with Crippen molar-refractivity contribution in [2.45, 2.75) is 97.1 Å². The van der Waals surface area contributed by atoms with Crippen LogP contribution in [-0.2, 0) is 20.7 Å². The second-order valence-electron chi connectivity index (χ2n) is 10.8. The zero-order chi connectivity index (χ0) is 22.4. The Kier molecular flexibility index (Phi) is 5.89. The number of hydrogen-bond donors (Lipinski definition) is 0. The van der Waals surface area contributed by atoms with Crippen molar-refractivity contribution in [1.82, 2.24) is 4.90 Å². The van der Waals surface area contributed by atoms with E-state index in [4.69, 9.17) is 14.0 Å². The Morgan fingerprint density at radius 1 is 0.967 bits per heavy atom. The first-order valence-electron chi connectivity index (χ1n) is 10.8. The van der Waals surface area contributed by atoms with Gasteiger partial charge >= 0.3 is 13.2 Å². The van der Waals surface area contributed by atoms with E-state index in [1.165, 1.54) is 5.57 Å². The van der Waals surface area contributed by atoms with E-state index < -0.39 is 0 Å². The van der Waals surface area contributed by atoms with Crippen LogP contribution in [-0.4, -0.2) is 40.4 Å². The minimum Gasteiger partial charge on any atom is -0.445 e. The van der Waals surface area contributed by atoms with E-state index in [1.807, 2.05) is 35.2 Å². The molecule has 1 aromatic rings. The van der Waals surface area contributed by atoms with Crippen molar-refractivity contribution < 1.29 is 18.8 Å². The minimum atomic E-state index is -0.384. The summed E-state index contributed by atoms with van der Waals surface area (Å²) in [7, 11) is -0.367. The molecule has 6 heteroatoms. The molecule has 1 aromatic carbocycles. The van der Waals surface area contributed by atoms with Gasteiger partial charge in [-0.25, -0.2) is 4.79 Å². The number of benzene rings is 1. The monoisotopic (exact) mass is 413 g/mol. The van der Waals surface area contributed by atoms with Crippen molar-refractivity contribution in [3.63, 3.8) is 0 Å². The maximum atomic E-state index is 13.1. The number of amides is 1. The highest BCUT2D eigenvalue weighted by Crippen LogP contribution is 2.43. The topological polar surface area (TPSA) is 48.0 Å². The zero-order valence-electron chi connectivity index (χ0n) is 19.7. The maximum absolute atomic E-state index is 13.1. The highest BCUT2D eigenvalue weighted by molar-refractivity contribution is 6.51. The van der Waals surface area contributed by atoms with Gasteiger partial charge in [-0.1, -0.05) is 41.9 Å². The van der Waals surface area contributed by atoms with Crippen molar-refractivity contribution >= 4 is 13.2 Å². The van der Waals surface area contributed by atoms with Gasteiger partial charge in [0.05, 0.1) is 11.2 Å². The van der Waals surface area contributed by atoms with Crippen LogP contribution in [0.3, 0.4) is 0 Å². The average Bonchev–Trinajstić information content (AvgIpc) is 2.78. The Morgan fingerprint density at radius 3 is 1.97 bits per heavy atom. The van der Waals surface area contributed by atoms with E-state index >= 15 is 0 Å². The van der Waals surface area contributed by atoms with Crippen LogP contribution in [0, 0.1) is 0 Å². The molecule has 2 aliphatic rings. The lowest BCUT2D eigenvalue weighted by Gasteiger charge is -2.52. The Hall–Kier alpha value is -1.79. The van der Waals surface area contributed by atoms with Gasteiger partial charge in [0.1, 0.15) is 6.61 Å². The third-order valence-electron chi connectivity index (χ3n) is 6.56. The molecule has 0 aliphatic carbocycles. The highest BCUT2D eigenvalue weighted by atomic mass is 16.7. The fraction of sp³-hybridized carbons (Fsp3) is 0.625. The van der Waals surface area contributed by atoms with E-state index in [1.54, 1.807) is 0 Å². The summed E-state index contributed by atoms with van der Waals surface area (Å²) >= 11 is 0. The van der Waals surface area contributed by atoms with Crippen LogP contribution in [0.4, 0.5) is 4.79 Å². The molecule has 0 radical (unpaired) electrons. The number of rotatable bonds is 3. The second kappa shape index (κ2) is 7.72. The Labute approximate surface area is 181 Å². The van der Waals surface area contributed by atoms with Gasteiger partial charge < -0.3 is 14.0 Å². The van der Waals surface area contributed by atoms with E-state index in [2.05, 4.69) is 61.4 Å². The van der Waals surface area contributed by atoms with Crippen LogP contribution in [0.5, 0.6) is 0 Å². The average molecular weight is 413 g/mol. The molecule has 0 N–H and O–H groups in total. The van der Waals surface area contributed by atoms with E-state index in [0.29, 0.717) is 0 Å². The van der Waals surface area contributed by atoms with Crippen LogP contribution in [0.1, 0.15) is 73.8 Å². The lowest BCUT2D eigenvalue weighted by atomic mass is 9.73. The lowest BCUT2D eigenvalue weighted by Crippen LogP contribution is -2.61. The summed E-state index contributed by atoms with van der Waals surface area (Å²) in [4.78, 5) is 15.0. The van der Waals surface area contributed by atoms with Crippen molar-refractivity contribution in [2.24, 2.45) is 0 Å². The molecular formula is C24H36BNO4. The molecular weight excluding hydrogens is 377 g/mol.